The quantitative estimate of drug-likeness (QED) is 0.906. The number of carboxylic acids is 1. The Morgan fingerprint density at radius 2 is 1.84 bits per heavy atom. The fourth-order valence-corrected chi connectivity index (χ4v) is 2.55. The van der Waals surface area contributed by atoms with E-state index in [1.54, 1.807) is 0 Å². The number of likely N-dealkylation sites (tertiary alicyclic amines) is 1. The van der Waals surface area contributed by atoms with Crippen LogP contribution >= 0.6 is 0 Å². The van der Waals surface area contributed by atoms with Gasteiger partial charge in [0.1, 0.15) is 0 Å². The molecule has 1 saturated heterocycles. The molecule has 1 aliphatic rings. The molecule has 0 aliphatic carbocycles. The largest absolute Gasteiger partial charge is 0.481 e. The van der Waals surface area contributed by atoms with Gasteiger partial charge in [0.2, 0.25) is 0 Å². The molecular weight excluding hydrogens is 238 g/mol. The van der Waals surface area contributed by atoms with Crippen molar-refractivity contribution >= 4 is 5.97 Å². The Kier molecular flexibility index (Phi) is 3.95. The Morgan fingerprint density at radius 3 is 2.32 bits per heavy atom. The fraction of sp³-hybridized carbons (Fsp3) is 0.562. The molecule has 1 fully saturated rings. The smallest absolute Gasteiger partial charge is 0.303 e. The number of rotatable bonds is 4. The molecule has 0 bridgehead atoms. The van der Waals surface area contributed by atoms with Crippen LogP contribution in [0.5, 0.6) is 0 Å². The van der Waals surface area contributed by atoms with E-state index in [4.69, 9.17) is 5.11 Å². The highest BCUT2D eigenvalue weighted by atomic mass is 16.4. The van der Waals surface area contributed by atoms with Gasteiger partial charge < -0.3 is 5.11 Å². The normalized spacial score (nSPS) is 17.2. The van der Waals surface area contributed by atoms with Crippen LogP contribution in [-0.4, -0.2) is 29.1 Å². The minimum absolute atomic E-state index is 0.196. The van der Waals surface area contributed by atoms with Crippen LogP contribution in [0.1, 0.15) is 38.3 Å². The van der Waals surface area contributed by atoms with Gasteiger partial charge in [-0.3, -0.25) is 9.69 Å². The topological polar surface area (TPSA) is 40.5 Å². The summed E-state index contributed by atoms with van der Waals surface area (Å²) in [6.07, 6.45) is 0.305. The first-order valence-corrected chi connectivity index (χ1v) is 6.88. The number of hydrogen-bond donors (Lipinski definition) is 1. The molecule has 1 heterocycles. The second-order valence-corrected chi connectivity index (χ2v) is 6.60. The van der Waals surface area contributed by atoms with Crippen LogP contribution in [0.4, 0.5) is 0 Å². The third kappa shape index (κ3) is 3.80. The maximum Gasteiger partial charge on any atom is 0.303 e. The average Bonchev–Trinajstić information content (AvgIpc) is 2.25. The third-order valence-corrected chi connectivity index (χ3v) is 3.72. The maximum absolute atomic E-state index is 10.6. The number of hydrogen-bond acceptors (Lipinski definition) is 2. The molecular formula is C16H23NO2. The van der Waals surface area contributed by atoms with Gasteiger partial charge in [-0.15, -0.1) is 0 Å². The van der Waals surface area contributed by atoms with E-state index in [0.717, 1.165) is 19.6 Å². The summed E-state index contributed by atoms with van der Waals surface area (Å²) >= 11 is 0. The average molecular weight is 261 g/mol. The number of aliphatic carboxylic acids is 1. The summed E-state index contributed by atoms with van der Waals surface area (Å²) in [5.41, 5.74) is 2.85. The molecule has 1 N–H and O–H groups in total. The van der Waals surface area contributed by atoms with Crippen LogP contribution in [0.15, 0.2) is 24.3 Å². The van der Waals surface area contributed by atoms with Crippen LogP contribution in [0.25, 0.3) is 0 Å². The van der Waals surface area contributed by atoms with Crippen LogP contribution in [0.3, 0.4) is 0 Å². The van der Waals surface area contributed by atoms with Gasteiger partial charge in [0.25, 0.3) is 0 Å². The van der Waals surface area contributed by atoms with Crippen molar-refractivity contribution in [1.29, 1.82) is 0 Å². The summed E-state index contributed by atoms with van der Waals surface area (Å²) in [4.78, 5) is 12.9. The van der Waals surface area contributed by atoms with E-state index in [9.17, 15) is 4.79 Å². The van der Waals surface area contributed by atoms with Gasteiger partial charge in [-0.05, 0) is 22.5 Å². The third-order valence-electron chi connectivity index (χ3n) is 3.72. The summed E-state index contributed by atoms with van der Waals surface area (Å²) in [5.74, 6) is -0.342. The van der Waals surface area contributed by atoms with Crippen molar-refractivity contribution in [3.63, 3.8) is 0 Å². The molecule has 1 aromatic rings. The second kappa shape index (κ2) is 5.33. The van der Waals surface area contributed by atoms with Crippen molar-refractivity contribution in [1.82, 2.24) is 4.90 Å². The van der Waals surface area contributed by atoms with Gasteiger partial charge in [0.05, 0.1) is 6.42 Å². The zero-order valence-corrected chi connectivity index (χ0v) is 12.0. The van der Waals surface area contributed by atoms with E-state index in [-0.39, 0.29) is 5.41 Å². The van der Waals surface area contributed by atoms with E-state index < -0.39 is 5.97 Å². The Hall–Kier alpha value is -1.35. The van der Waals surface area contributed by atoms with E-state index in [1.165, 1.54) is 11.1 Å². The van der Waals surface area contributed by atoms with E-state index in [0.29, 0.717) is 12.3 Å². The van der Waals surface area contributed by atoms with Crippen molar-refractivity contribution in [2.45, 2.75) is 39.2 Å². The molecule has 0 amide bonds. The molecule has 0 saturated carbocycles. The Labute approximate surface area is 115 Å². The zero-order chi connectivity index (χ0) is 14.0. The van der Waals surface area contributed by atoms with Crippen LogP contribution in [0.2, 0.25) is 0 Å². The predicted octanol–water partition coefficient (Wildman–Crippen LogP) is 2.89. The highest BCUT2D eigenvalue weighted by molar-refractivity contribution is 5.67. The van der Waals surface area contributed by atoms with Crippen LogP contribution in [0, 0.1) is 5.92 Å². The first-order chi connectivity index (χ1) is 8.84. The van der Waals surface area contributed by atoms with Crippen molar-refractivity contribution in [2.24, 2.45) is 5.92 Å². The van der Waals surface area contributed by atoms with Crippen molar-refractivity contribution in [3.05, 3.63) is 35.4 Å². The van der Waals surface area contributed by atoms with Crippen molar-refractivity contribution in [2.75, 3.05) is 13.1 Å². The summed E-state index contributed by atoms with van der Waals surface area (Å²) in [5, 5.41) is 8.71. The lowest BCUT2D eigenvalue weighted by Crippen LogP contribution is -2.46. The molecule has 0 spiro atoms. The lowest BCUT2D eigenvalue weighted by Gasteiger charge is -2.38. The van der Waals surface area contributed by atoms with Gasteiger partial charge >= 0.3 is 5.97 Å². The lowest BCUT2D eigenvalue weighted by atomic mass is 9.86. The monoisotopic (exact) mass is 261 g/mol. The second-order valence-electron chi connectivity index (χ2n) is 6.60. The number of benzene rings is 1. The zero-order valence-electron chi connectivity index (χ0n) is 12.0. The highest BCUT2D eigenvalue weighted by Gasteiger charge is 2.28. The van der Waals surface area contributed by atoms with Gasteiger partial charge in [-0.25, -0.2) is 0 Å². The molecule has 2 rings (SSSR count). The molecule has 0 atom stereocenters. The SMILES string of the molecule is CC(C)(C)c1ccc(CN2CC(CC(=O)O)C2)cc1. The molecule has 104 valence electrons. The first-order valence-electron chi connectivity index (χ1n) is 6.88. The minimum atomic E-state index is -0.681. The summed E-state index contributed by atoms with van der Waals surface area (Å²) in [6.45, 7) is 9.40. The van der Waals surface area contributed by atoms with E-state index in [2.05, 4.69) is 49.9 Å². The van der Waals surface area contributed by atoms with Gasteiger partial charge in [0.15, 0.2) is 0 Å². The van der Waals surface area contributed by atoms with Crippen LogP contribution < -0.4 is 0 Å². The number of carbonyl (C=O) groups is 1. The van der Waals surface area contributed by atoms with Crippen molar-refractivity contribution in [3.8, 4) is 0 Å². The first kappa shape index (κ1) is 14.1. The van der Waals surface area contributed by atoms with Gasteiger partial charge in [0, 0.05) is 19.6 Å². The van der Waals surface area contributed by atoms with Crippen molar-refractivity contribution < 1.29 is 9.90 Å². The standard InChI is InChI=1S/C16H23NO2/c1-16(2,3)14-6-4-12(5-7-14)9-17-10-13(11-17)8-15(18)19/h4-7,13H,8-11H2,1-3H3,(H,18,19). The molecule has 3 heteroatoms. The molecule has 1 aromatic carbocycles. The Balaban J connectivity index is 1.84. The van der Waals surface area contributed by atoms with Gasteiger partial charge in [-0.1, -0.05) is 45.0 Å². The number of carboxylic acid groups (broad SMARTS) is 1. The summed E-state index contributed by atoms with van der Waals surface area (Å²) in [7, 11) is 0. The molecule has 19 heavy (non-hydrogen) atoms. The molecule has 0 unspecified atom stereocenters. The lowest BCUT2D eigenvalue weighted by molar-refractivity contribution is -0.139. The summed E-state index contributed by atoms with van der Waals surface area (Å²) < 4.78 is 0. The maximum atomic E-state index is 10.6. The highest BCUT2D eigenvalue weighted by Crippen LogP contribution is 2.24. The summed E-state index contributed by atoms with van der Waals surface area (Å²) in [6, 6.07) is 8.77. The molecule has 0 aromatic heterocycles. The molecule has 3 nitrogen and oxygen atoms in total. The Morgan fingerprint density at radius 1 is 1.26 bits per heavy atom. The fourth-order valence-electron chi connectivity index (χ4n) is 2.55. The molecule has 0 radical (unpaired) electrons. The Bertz CT molecular complexity index is 439. The minimum Gasteiger partial charge on any atom is -0.481 e. The van der Waals surface area contributed by atoms with E-state index >= 15 is 0 Å². The van der Waals surface area contributed by atoms with Gasteiger partial charge in [-0.2, -0.15) is 0 Å². The molecule has 1 aliphatic heterocycles. The van der Waals surface area contributed by atoms with E-state index in [1.807, 2.05) is 0 Å². The van der Waals surface area contributed by atoms with Crippen LogP contribution in [-0.2, 0) is 16.8 Å². The predicted molar refractivity (Wildman–Crippen MR) is 76.2 cm³/mol. The number of nitrogens with zero attached hydrogens (tertiary/aromatic N) is 1.